The Kier molecular flexibility index (Phi) is 13.3. The number of aliphatic hydroxyl groups excluding tert-OH is 2. The van der Waals surface area contributed by atoms with Gasteiger partial charge in [0.25, 0.3) is 0 Å². The number of piperidine rings is 2. The second-order valence-corrected chi connectivity index (χ2v) is 14.0. The van der Waals surface area contributed by atoms with Crippen LogP contribution in [0.15, 0.2) is 60.7 Å². The van der Waals surface area contributed by atoms with Gasteiger partial charge >= 0.3 is 11.9 Å². The zero-order valence-electron chi connectivity index (χ0n) is 27.0. The van der Waals surface area contributed by atoms with E-state index in [9.17, 15) is 19.8 Å². The van der Waals surface area contributed by atoms with E-state index in [-0.39, 0.29) is 37.4 Å². The number of quaternary nitrogens is 2. The lowest BCUT2D eigenvalue weighted by atomic mass is 9.98. The number of hydrogen-bond acceptors (Lipinski definition) is 10. The number of fused-ring (bicyclic) bond motifs is 4. The molecular weight excluding hydrogens is 628 g/mol. The van der Waals surface area contributed by atoms with Crippen LogP contribution in [0, 0.1) is 0 Å². The zero-order valence-corrected chi connectivity index (χ0v) is 27.8. The molecule has 12 nitrogen and oxygen atoms in total. The zero-order chi connectivity index (χ0) is 34.1. The smallest absolute Gasteiger partial charge is 0.316 e. The number of carbonyl (C=O) groups excluding carboxylic acids is 2. The van der Waals surface area contributed by atoms with Crippen molar-refractivity contribution in [2.45, 2.75) is 99.6 Å². The number of nitrogens with one attached hydrogen (secondary N) is 2. The molecule has 0 radical (unpaired) electrons. The van der Waals surface area contributed by atoms with Gasteiger partial charge in [-0.3, -0.25) is 18.0 Å². The molecule has 6 rings (SSSR count). The molecule has 47 heavy (non-hydrogen) atoms. The molecule has 4 aliphatic rings. The Hall–Kier alpha value is -2.91. The van der Waals surface area contributed by atoms with E-state index in [1.807, 2.05) is 60.7 Å². The van der Waals surface area contributed by atoms with Gasteiger partial charge in [0.15, 0.2) is 0 Å². The van der Waals surface area contributed by atoms with Gasteiger partial charge < -0.3 is 38.6 Å². The third-order valence-electron chi connectivity index (χ3n) is 10.4. The predicted octanol–water partition coefficient (Wildman–Crippen LogP) is -0.310. The summed E-state index contributed by atoms with van der Waals surface area (Å²) in [6.07, 6.45) is 8.86. The van der Waals surface area contributed by atoms with Gasteiger partial charge in [0.2, 0.25) is 0 Å². The third kappa shape index (κ3) is 10.5. The van der Waals surface area contributed by atoms with Crippen LogP contribution in [0.3, 0.4) is 0 Å². The van der Waals surface area contributed by atoms with Crippen LogP contribution in [0.1, 0.15) is 74.3 Å². The fourth-order valence-electron chi connectivity index (χ4n) is 7.75. The molecule has 13 heteroatoms. The Labute approximate surface area is 277 Å². The summed E-state index contributed by atoms with van der Waals surface area (Å²) >= 11 is 0. The molecule has 4 heterocycles. The van der Waals surface area contributed by atoms with Gasteiger partial charge in [0, 0.05) is 61.8 Å². The van der Waals surface area contributed by atoms with Crippen LogP contribution >= 0.6 is 0 Å². The van der Waals surface area contributed by atoms with Crippen LogP contribution in [0.5, 0.6) is 0 Å². The average molecular weight is 677 g/mol. The van der Waals surface area contributed by atoms with Crippen molar-refractivity contribution in [1.29, 1.82) is 0 Å². The third-order valence-corrected chi connectivity index (χ3v) is 10.4. The van der Waals surface area contributed by atoms with Crippen molar-refractivity contribution in [3.63, 3.8) is 0 Å². The number of aliphatic hydroxyl groups is 2. The Morgan fingerprint density at radius 2 is 0.957 bits per heavy atom. The summed E-state index contributed by atoms with van der Waals surface area (Å²) in [5.41, 5.74) is 1.65. The Balaban J connectivity index is 0.000000186. The van der Waals surface area contributed by atoms with Crippen molar-refractivity contribution >= 4 is 22.3 Å². The molecule has 8 atom stereocenters. The van der Waals surface area contributed by atoms with Crippen LogP contribution in [0.2, 0.25) is 0 Å². The number of ether oxygens (including phenoxy) is 2. The molecule has 4 bridgehead atoms. The topological polar surface area (TPSA) is 182 Å². The maximum absolute atomic E-state index is 12.4. The van der Waals surface area contributed by atoms with Crippen LogP contribution in [-0.4, -0.2) is 103 Å². The van der Waals surface area contributed by atoms with E-state index in [1.54, 1.807) is 9.80 Å². The molecule has 0 amide bonds. The minimum atomic E-state index is -5.17. The Morgan fingerprint density at radius 3 is 1.21 bits per heavy atom. The molecule has 4 N–H and O–H groups in total. The molecule has 0 aromatic heterocycles. The van der Waals surface area contributed by atoms with Gasteiger partial charge in [0.1, 0.15) is 24.0 Å². The first-order valence-corrected chi connectivity index (χ1v) is 17.8. The van der Waals surface area contributed by atoms with E-state index in [2.05, 4.69) is 14.1 Å². The summed E-state index contributed by atoms with van der Waals surface area (Å²) in [5.74, 6) is -1.69. The lowest BCUT2D eigenvalue weighted by Gasteiger charge is -2.33. The van der Waals surface area contributed by atoms with Crippen LogP contribution < -0.4 is 9.80 Å². The summed E-state index contributed by atoms with van der Waals surface area (Å²) in [4.78, 5) is 27.9. The molecule has 4 unspecified atom stereocenters. The first-order chi connectivity index (χ1) is 22.4. The highest BCUT2D eigenvalue weighted by Gasteiger charge is 2.45. The quantitative estimate of drug-likeness (QED) is 0.165. The Morgan fingerprint density at radius 1 is 0.681 bits per heavy atom. The highest BCUT2D eigenvalue weighted by atomic mass is 32.3. The van der Waals surface area contributed by atoms with Crippen molar-refractivity contribution in [3.8, 4) is 0 Å². The maximum atomic E-state index is 12.4. The predicted molar refractivity (Wildman–Crippen MR) is 169 cm³/mol. The minimum absolute atomic E-state index is 0.0245. The van der Waals surface area contributed by atoms with Crippen molar-refractivity contribution in [2.75, 3.05) is 27.3 Å². The highest BCUT2D eigenvalue weighted by molar-refractivity contribution is 7.79. The maximum Gasteiger partial charge on any atom is 0.316 e. The van der Waals surface area contributed by atoms with Gasteiger partial charge in [0.05, 0.1) is 51.5 Å². The number of hydrogen-bond donors (Lipinski definition) is 4. The van der Waals surface area contributed by atoms with E-state index in [4.69, 9.17) is 27.0 Å². The van der Waals surface area contributed by atoms with Crippen LogP contribution in [0.25, 0.3) is 0 Å². The van der Waals surface area contributed by atoms with E-state index < -0.39 is 22.2 Å². The summed E-state index contributed by atoms with van der Waals surface area (Å²) in [7, 11) is -0.665. The van der Waals surface area contributed by atoms with Crippen molar-refractivity contribution < 1.29 is 56.6 Å². The lowest BCUT2D eigenvalue weighted by molar-refractivity contribution is -0.923. The van der Waals surface area contributed by atoms with Crippen molar-refractivity contribution in [1.82, 2.24) is 0 Å². The van der Waals surface area contributed by atoms with Crippen molar-refractivity contribution in [2.24, 2.45) is 0 Å². The molecule has 4 aliphatic heterocycles. The first kappa shape index (κ1) is 36.9. The second-order valence-electron chi connectivity index (χ2n) is 13.2. The Bertz CT molecular complexity index is 1270. The lowest BCUT2D eigenvalue weighted by Crippen LogP contribution is -3.15. The molecule has 4 saturated heterocycles. The molecule has 0 spiro atoms. The van der Waals surface area contributed by atoms with Crippen LogP contribution in [-0.2, 0) is 29.5 Å². The molecule has 4 fully saturated rings. The largest absolute Gasteiger partial charge is 0.759 e. The average Bonchev–Trinajstić information content (AvgIpc) is 3.34. The molecular formula is C34H48N2O10S. The van der Waals surface area contributed by atoms with Crippen LogP contribution in [0.4, 0.5) is 0 Å². The monoisotopic (exact) mass is 676 g/mol. The first-order valence-electron chi connectivity index (χ1n) is 16.4. The van der Waals surface area contributed by atoms with E-state index in [0.29, 0.717) is 24.2 Å². The number of rotatable bonds is 8. The van der Waals surface area contributed by atoms with Crippen molar-refractivity contribution in [3.05, 3.63) is 71.8 Å². The summed E-state index contributed by atoms with van der Waals surface area (Å²) in [6, 6.07) is 21.3. The molecule has 2 aromatic carbocycles. The summed E-state index contributed by atoms with van der Waals surface area (Å²) < 4.78 is 45.5. The SMILES string of the molecule is C[NH+]1[C@@H]2CC[C@@H]1CC(OC(=O)C(CO)c1ccccc1)C2.C[NH+]1[C@@H]2CC[C@H]1CC(OC(=O)C(CO)c1ccccc1)C2.O=S(=O)([O-])[O-]. The van der Waals surface area contributed by atoms with E-state index >= 15 is 0 Å². The molecule has 260 valence electrons. The number of carbonyl (C=O) groups is 2. The minimum Gasteiger partial charge on any atom is -0.759 e. The normalized spacial score (nSPS) is 30.4. The standard InChI is InChI=1S/2C17H23NO3.H2O4S/c2*1-18-13-7-8-14(18)10-15(9-13)21-17(20)16(11-19)12-5-3-2-4-6-12;1-5(2,3)4/h2*2-6,13-16,19H,7-11H2,1H3;(H2,1,2,3,4)/t13-,14+,15?,16?;13-,14-,16?;/m.1./s1. The summed E-state index contributed by atoms with van der Waals surface area (Å²) in [6.45, 7) is -0.402. The fraction of sp³-hybridized carbons (Fsp3) is 0.588. The van der Waals surface area contributed by atoms with Gasteiger partial charge in [-0.15, -0.1) is 0 Å². The number of esters is 2. The van der Waals surface area contributed by atoms with Gasteiger partial charge in [-0.25, -0.2) is 0 Å². The van der Waals surface area contributed by atoms with Gasteiger partial charge in [-0.2, -0.15) is 0 Å². The molecule has 0 saturated carbocycles. The van der Waals surface area contributed by atoms with Gasteiger partial charge in [-0.1, -0.05) is 60.7 Å². The summed E-state index contributed by atoms with van der Waals surface area (Å²) in [5, 5.41) is 19.1. The van der Waals surface area contributed by atoms with Gasteiger partial charge in [-0.05, 0) is 11.1 Å². The van der Waals surface area contributed by atoms with E-state index in [1.165, 1.54) is 25.7 Å². The molecule has 0 aliphatic carbocycles. The second kappa shape index (κ2) is 17.0. The number of benzene rings is 2. The van der Waals surface area contributed by atoms with E-state index in [0.717, 1.165) is 36.8 Å². The molecule has 2 aromatic rings. The highest BCUT2D eigenvalue weighted by Crippen LogP contribution is 2.28. The fourth-order valence-corrected chi connectivity index (χ4v) is 7.75.